The highest BCUT2D eigenvalue weighted by Gasteiger charge is 2.24. The molecule has 1 rings (SSSR count). The van der Waals surface area contributed by atoms with E-state index in [0.717, 1.165) is 64.5 Å². The Morgan fingerprint density at radius 2 is 0.781 bits per heavy atom. The van der Waals surface area contributed by atoms with E-state index in [1.807, 2.05) is 0 Å². The Morgan fingerprint density at radius 1 is 0.422 bits per heavy atom. The molecule has 1 amide bonds. The van der Waals surface area contributed by atoms with Gasteiger partial charge >= 0.3 is 11.9 Å². The fraction of sp³-hybridized carbons (Fsp3) is 0.947. The second-order valence-corrected chi connectivity index (χ2v) is 20.4. The minimum atomic E-state index is -0.00847. The number of rotatable bonds is 48. The van der Waals surface area contributed by atoms with Crippen molar-refractivity contribution in [3.8, 4) is 0 Å². The van der Waals surface area contributed by atoms with Crippen LogP contribution in [0.1, 0.15) is 291 Å². The molecule has 378 valence electrons. The molecule has 0 radical (unpaired) electrons. The summed E-state index contributed by atoms with van der Waals surface area (Å²) in [4.78, 5) is 44.1. The Balaban J connectivity index is 2.62. The Kier molecular flexibility index (Phi) is 42.6. The van der Waals surface area contributed by atoms with Crippen molar-refractivity contribution in [1.82, 2.24) is 9.80 Å². The number of carbonyl (C=O) groups excluding carboxylic acids is 3. The van der Waals surface area contributed by atoms with Gasteiger partial charge in [0.05, 0.1) is 13.2 Å². The van der Waals surface area contributed by atoms with Crippen molar-refractivity contribution < 1.29 is 23.9 Å². The second-order valence-electron chi connectivity index (χ2n) is 20.4. The highest BCUT2D eigenvalue weighted by atomic mass is 16.5. The van der Waals surface area contributed by atoms with E-state index in [1.165, 1.54) is 199 Å². The van der Waals surface area contributed by atoms with Crippen LogP contribution in [-0.4, -0.2) is 73.1 Å². The molecular formula is C57H110N2O5. The van der Waals surface area contributed by atoms with Gasteiger partial charge in [0.15, 0.2) is 0 Å². The Morgan fingerprint density at radius 3 is 1.23 bits per heavy atom. The zero-order chi connectivity index (χ0) is 46.6. The van der Waals surface area contributed by atoms with Crippen LogP contribution in [-0.2, 0) is 23.9 Å². The lowest BCUT2D eigenvalue weighted by Gasteiger charge is -2.33. The molecule has 0 aromatic heterocycles. The normalized spacial score (nSPS) is 14.0. The molecule has 2 unspecified atom stereocenters. The maximum atomic E-state index is 14.0. The number of nitrogens with zero attached hydrogens (tertiary/aromatic N) is 2. The number of carbonyl (C=O) groups is 3. The molecule has 1 saturated heterocycles. The molecule has 0 bridgehead atoms. The van der Waals surface area contributed by atoms with Gasteiger partial charge in [0, 0.05) is 31.8 Å². The third-order valence-electron chi connectivity index (χ3n) is 14.2. The summed E-state index contributed by atoms with van der Waals surface area (Å²) in [5, 5.41) is 0. The maximum Gasteiger partial charge on any atom is 0.305 e. The van der Waals surface area contributed by atoms with Crippen LogP contribution in [0, 0.1) is 11.8 Å². The van der Waals surface area contributed by atoms with E-state index in [-0.39, 0.29) is 11.9 Å². The molecule has 1 heterocycles. The van der Waals surface area contributed by atoms with Crippen LogP contribution in [0.25, 0.3) is 0 Å². The van der Waals surface area contributed by atoms with Gasteiger partial charge in [-0.05, 0) is 109 Å². The molecule has 7 heteroatoms. The molecule has 1 aliphatic rings. The van der Waals surface area contributed by atoms with Crippen molar-refractivity contribution >= 4 is 17.8 Å². The molecule has 0 aliphatic carbocycles. The first kappa shape index (κ1) is 60.4. The number of amides is 1. The standard InChI is InChI=1S/C57H110N2O5/c1-6-11-16-18-25-31-43-55(60)59(49-36-48-58-46-34-35-47-58)54(41-29-23-19-21-26-32-44-56(61)63-50-52(37-13-8-3)38-14-9-4)42-30-24-20-22-27-33-45-57(62)64-51-53(39-15-10-5)40-28-17-12-7-2/h52-54H,6-51H2,1-5H3. The molecule has 1 fully saturated rings. The minimum Gasteiger partial charge on any atom is -0.465 e. The van der Waals surface area contributed by atoms with Crippen molar-refractivity contribution in [2.24, 2.45) is 11.8 Å². The van der Waals surface area contributed by atoms with Gasteiger partial charge in [-0.2, -0.15) is 0 Å². The Labute approximate surface area is 398 Å². The predicted octanol–water partition coefficient (Wildman–Crippen LogP) is 16.5. The van der Waals surface area contributed by atoms with Crippen LogP contribution in [0.4, 0.5) is 0 Å². The number of likely N-dealkylation sites (tertiary alicyclic amines) is 1. The van der Waals surface area contributed by atoms with Gasteiger partial charge in [0.1, 0.15) is 0 Å². The van der Waals surface area contributed by atoms with E-state index in [4.69, 9.17) is 9.47 Å². The summed E-state index contributed by atoms with van der Waals surface area (Å²) in [7, 11) is 0. The van der Waals surface area contributed by atoms with Crippen LogP contribution < -0.4 is 0 Å². The van der Waals surface area contributed by atoms with E-state index in [9.17, 15) is 14.4 Å². The van der Waals surface area contributed by atoms with Gasteiger partial charge < -0.3 is 19.3 Å². The molecular weight excluding hydrogens is 793 g/mol. The fourth-order valence-corrected chi connectivity index (χ4v) is 9.88. The van der Waals surface area contributed by atoms with Gasteiger partial charge in [-0.1, -0.05) is 195 Å². The first-order chi connectivity index (χ1) is 31.4. The minimum absolute atomic E-state index is 0.00248. The topological polar surface area (TPSA) is 76.2 Å². The quantitative estimate of drug-likeness (QED) is 0.0447. The zero-order valence-electron chi connectivity index (χ0n) is 43.7. The van der Waals surface area contributed by atoms with Gasteiger partial charge in [0.25, 0.3) is 0 Å². The molecule has 0 aromatic rings. The summed E-state index contributed by atoms with van der Waals surface area (Å²) in [6.07, 6.45) is 45.7. The number of unbranched alkanes of at least 4 members (excludes halogenated alkanes) is 21. The summed E-state index contributed by atoms with van der Waals surface area (Å²) >= 11 is 0. The SMILES string of the molecule is CCCCCCCCC(=O)N(CCCN1CCCC1)C(CCCCCCCCC(=O)OCC(CCCC)CCCC)CCCCCCCCC(=O)OCC(CCCC)CCCCCC. The van der Waals surface area contributed by atoms with Crippen LogP contribution in [0.2, 0.25) is 0 Å². The van der Waals surface area contributed by atoms with Crippen LogP contribution in [0.3, 0.4) is 0 Å². The molecule has 0 saturated carbocycles. The zero-order valence-corrected chi connectivity index (χ0v) is 43.7. The fourth-order valence-electron chi connectivity index (χ4n) is 9.88. The lowest BCUT2D eigenvalue weighted by atomic mass is 9.96. The van der Waals surface area contributed by atoms with Crippen LogP contribution in [0.5, 0.6) is 0 Å². The number of hydrogen-bond acceptors (Lipinski definition) is 6. The van der Waals surface area contributed by atoms with E-state index in [1.54, 1.807) is 0 Å². The molecule has 1 aliphatic heterocycles. The van der Waals surface area contributed by atoms with E-state index < -0.39 is 0 Å². The number of hydrogen-bond donors (Lipinski definition) is 0. The first-order valence-electron chi connectivity index (χ1n) is 28.7. The number of ether oxygens (including phenoxy) is 2. The molecule has 0 spiro atoms. The van der Waals surface area contributed by atoms with E-state index in [2.05, 4.69) is 44.4 Å². The Bertz CT molecular complexity index is 1040. The highest BCUT2D eigenvalue weighted by Crippen LogP contribution is 2.23. The van der Waals surface area contributed by atoms with Gasteiger partial charge in [-0.25, -0.2) is 0 Å². The summed E-state index contributed by atoms with van der Waals surface area (Å²) in [5.74, 6) is 1.44. The highest BCUT2D eigenvalue weighted by molar-refractivity contribution is 5.76. The van der Waals surface area contributed by atoms with Crippen molar-refractivity contribution in [1.29, 1.82) is 0 Å². The molecule has 0 N–H and O–H groups in total. The van der Waals surface area contributed by atoms with Crippen molar-refractivity contribution in [3.05, 3.63) is 0 Å². The van der Waals surface area contributed by atoms with Gasteiger partial charge in [0.2, 0.25) is 5.91 Å². The third kappa shape index (κ3) is 35.5. The lowest BCUT2D eigenvalue weighted by Crippen LogP contribution is -2.42. The van der Waals surface area contributed by atoms with Crippen molar-refractivity contribution in [2.45, 2.75) is 297 Å². The van der Waals surface area contributed by atoms with Crippen molar-refractivity contribution in [3.63, 3.8) is 0 Å². The Hall–Kier alpha value is -1.63. The first-order valence-corrected chi connectivity index (χ1v) is 28.7. The molecule has 64 heavy (non-hydrogen) atoms. The smallest absolute Gasteiger partial charge is 0.305 e. The summed E-state index contributed by atoms with van der Waals surface area (Å²) in [5.41, 5.74) is 0. The van der Waals surface area contributed by atoms with Crippen LogP contribution in [0.15, 0.2) is 0 Å². The predicted molar refractivity (Wildman–Crippen MR) is 274 cm³/mol. The average Bonchev–Trinajstić information content (AvgIpc) is 3.83. The lowest BCUT2D eigenvalue weighted by molar-refractivity contribution is -0.146. The van der Waals surface area contributed by atoms with Crippen molar-refractivity contribution in [2.75, 3.05) is 39.4 Å². The largest absolute Gasteiger partial charge is 0.465 e. The summed E-state index contributed by atoms with van der Waals surface area (Å²) < 4.78 is 11.5. The molecule has 7 nitrogen and oxygen atoms in total. The number of esters is 2. The average molecular weight is 904 g/mol. The van der Waals surface area contributed by atoms with Crippen LogP contribution >= 0.6 is 0 Å². The van der Waals surface area contributed by atoms with E-state index >= 15 is 0 Å². The third-order valence-corrected chi connectivity index (χ3v) is 14.2. The monoisotopic (exact) mass is 903 g/mol. The van der Waals surface area contributed by atoms with Gasteiger partial charge in [-0.3, -0.25) is 14.4 Å². The summed E-state index contributed by atoms with van der Waals surface area (Å²) in [6, 6.07) is 0.335. The maximum absolute atomic E-state index is 14.0. The summed E-state index contributed by atoms with van der Waals surface area (Å²) in [6.45, 7) is 16.9. The van der Waals surface area contributed by atoms with E-state index in [0.29, 0.717) is 56.3 Å². The molecule has 2 atom stereocenters. The molecule has 0 aromatic carbocycles. The second kappa shape index (κ2) is 45.2. The van der Waals surface area contributed by atoms with Gasteiger partial charge in [-0.15, -0.1) is 0 Å².